The molecule has 0 radical (unpaired) electrons. The van der Waals surface area contributed by atoms with Crippen LogP contribution in [-0.4, -0.2) is 26.4 Å². The van der Waals surface area contributed by atoms with Crippen molar-refractivity contribution in [2.45, 2.75) is 57.9 Å². The summed E-state index contributed by atoms with van der Waals surface area (Å²) in [5, 5.41) is 8.84. The van der Waals surface area contributed by atoms with E-state index < -0.39 is 0 Å². The molecule has 2 aliphatic carbocycles. The number of para-hydroxylation sites is 1. The molecule has 3 unspecified atom stereocenters. The highest BCUT2D eigenvalue weighted by molar-refractivity contribution is 5.76. The zero-order chi connectivity index (χ0) is 20.9. The second-order valence-corrected chi connectivity index (χ2v) is 10.1. The molecule has 6 rings (SSSR count). The second-order valence-electron chi connectivity index (χ2n) is 10.1. The van der Waals surface area contributed by atoms with Crippen LogP contribution in [0.25, 0.3) is 16.7 Å². The van der Waals surface area contributed by atoms with E-state index in [2.05, 4.69) is 59.0 Å². The van der Waals surface area contributed by atoms with E-state index in [1.165, 1.54) is 68.3 Å². The molecule has 4 nitrogen and oxygen atoms in total. The number of piperidine rings is 1. The summed E-state index contributed by atoms with van der Waals surface area (Å²) >= 11 is 0. The molecule has 3 aliphatic rings. The lowest BCUT2D eigenvalue weighted by Crippen LogP contribution is -2.41. The van der Waals surface area contributed by atoms with Gasteiger partial charge in [-0.15, -0.1) is 5.10 Å². The van der Waals surface area contributed by atoms with Crippen molar-refractivity contribution in [1.82, 2.24) is 19.9 Å². The minimum Gasteiger partial charge on any atom is -0.367 e. The molecule has 3 atom stereocenters. The molecule has 2 aromatic carbocycles. The lowest BCUT2D eigenvalue weighted by Gasteiger charge is -2.46. The molecule has 4 heteroatoms. The zero-order valence-corrected chi connectivity index (χ0v) is 18.5. The molecule has 0 spiro atoms. The molecular weight excluding hydrogens is 380 g/mol. The molecule has 0 N–H and O–H groups in total. The molecule has 0 amide bonds. The first-order chi connectivity index (χ1) is 15.2. The number of fused-ring (bicyclic) bond motifs is 4. The van der Waals surface area contributed by atoms with Gasteiger partial charge < -0.3 is 4.90 Å². The number of nitrogens with zero attached hydrogens (tertiary/aromatic N) is 4. The van der Waals surface area contributed by atoms with Crippen molar-refractivity contribution in [3.05, 3.63) is 65.9 Å². The first-order valence-corrected chi connectivity index (χ1v) is 12.1. The maximum atomic E-state index is 4.59. The van der Waals surface area contributed by atoms with Crippen molar-refractivity contribution in [2.75, 3.05) is 6.54 Å². The van der Waals surface area contributed by atoms with E-state index in [4.69, 9.17) is 0 Å². The van der Waals surface area contributed by atoms with Gasteiger partial charge in [-0.2, -0.15) is 0 Å². The molecule has 3 aromatic rings. The summed E-state index contributed by atoms with van der Waals surface area (Å²) in [6, 6.07) is 15.6. The van der Waals surface area contributed by atoms with Crippen molar-refractivity contribution < 1.29 is 0 Å². The van der Waals surface area contributed by atoms with E-state index in [1.54, 1.807) is 0 Å². The van der Waals surface area contributed by atoms with Crippen LogP contribution in [0.2, 0.25) is 0 Å². The molecule has 1 saturated carbocycles. The van der Waals surface area contributed by atoms with Crippen LogP contribution in [0.3, 0.4) is 0 Å². The van der Waals surface area contributed by atoms with Crippen LogP contribution in [0.5, 0.6) is 0 Å². The zero-order valence-electron chi connectivity index (χ0n) is 18.5. The van der Waals surface area contributed by atoms with Crippen LogP contribution in [0, 0.1) is 17.8 Å². The van der Waals surface area contributed by atoms with Gasteiger partial charge >= 0.3 is 0 Å². The Hall–Kier alpha value is -2.62. The second kappa shape index (κ2) is 7.51. The lowest BCUT2D eigenvalue weighted by atomic mass is 9.80. The fourth-order valence-electron chi connectivity index (χ4n) is 6.45. The fourth-order valence-corrected chi connectivity index (χ4v) is 6.45. The standard InChI is InChI=1S/C27H32N4/c1-18-14-22-15-21-12-13-23(31-26-11-7-6-10-25(26)28-29-31)16-24(21)27(22)30(19(18)2)17-20-8-4-3-5-9-20/h6-7,10-13,16,18,20,22,27H,2-5,8-9,14-15,17H2,1H3. The van der Waals surface area contributed by atoms with Crippen LogP contribution < -0.4 is 0 Å². The van der Waals surface area contributed by atoms with E-state index in [0.717, 1.165) is 22.6 Å². The summed E-state index contributed by atoms with van der Waals surface area (Å²) in [6.07, 6.45) is 9.42. The predicted molar refractivity (Wildman–Crippen MR) is 125 cm³/mol. The average Bonchev–Trinajstić information content (AvgIpc) is 3.38. The van der Waals surface area contributed by atoms with Crippen LogP contribution in [0.4, 0.5) is 0 Å². The van der Waals surface area contributed by atoms with E-state index in [1.807, 2.05) is 16.8 Å². The van der Waals surface area contributed by atoms with Crippen LogP contribution in [-0.2, 0) is 6.42 Å². The van der Waals surface area contributed by atoms with E-state index in [9.17, 15) is 0 Å². The molecular formula is C27H32N4. The van der Waals surface area contributed by atoms with E-state index >= 15 is 0 Å². The van der Waals surface area contributed by atoms with Gasteiger partial charge in [0.15, 0.2) is 0 Å². The number of allylic oxidation sites excluding steroid dienone is 1. The smallest absolute Gasteiger partial charge is 0.113 e. The molecule has 1 aliphatic heterocycles. The Morgan fingerprint density at radius 3 is 2.77 bits per heavy atom. The number of rotatable bonds is 3. The monoisotopic (exact) mass is 412 g/mol. The fraction of sp³-hybridized carbons (Fsp3) is 0.481. The Morgan fingerprint density at radius 2 is 1.90 bits per heavy atom. The first kappa shape index (κ1) is 19.1. The highest BCUT2D eigenvalue weighted by Crippen LogP contribution is 2.50. The molecule has 160 valence electrons. The lowest BCUT2D eigenvalue weighted by molar-refractivity contribution is 0.0957. The predicted octanol–water partition coefficient (Wildman–Crippen LogP) is 6.07. The van der Waals surface area contributed by atoms with E-state index in [0.29, 0.717) is 17.9 Å². The van der Waals surface area contributed by atoms with Crippen molar-refractivity contribution in [2.24, 2.45) is 17.8 Å². The molecule has 2 fully saturated rings. The van der Waals surface area contributed by atoms with Crippen molar-refractivity contribution in [1.29, 1.82) is 0 Å². The number of likely N-dealkylation sites (tertiary alicyclic amines) is 1. The normalized spacial score (nSPS) is 26.3. The molecule has 31 heavy (non-hydrogen) atoms. The third kappa shape index (κ3) is 3.19. The summed E-state index contributed by atoms with van der Waals surface area (Å²) in [5.41, 5.74) is 7.49. The number of hydrogen-bond donors (Lipinski definition) is 0. The summed E-state index contributed by atoms with van der Waals surface area (Å²) < 4.78 is 1.99. The summed E-state index contributed by atoms with van der Waals surface area (Å²) in [4.78, 5) is 2.71. The Labute approximate surface area is 184 Å². The Morgan fingerprint density at radius 1 is 1.06 bits per heavy atom. The van der Waals surface area contributed by atoms with Crippen LogP contribution in [0.1, 0.15) is 62.6 Å². The molecule has 1 saturated heterocycles. The average molecular weight is 413 g/mol. The third-order valence-corrected chi connectivity index (χ3v) is 8.08. The van der Waals surface area contributed by atoms with Gasteiger partial charge in [-0.1, -0.05) is 56.2 Å². The highest BCUT2D eigenvalue weighted by Gasteiger charge is 2.43. The highest BCUT2D eigenvalue weighted by atomic mass is 15.4. The summed E-state index contributed by atoms with van der Waals surface area (Å²) in [7, 11) is 0. The van der Waals surface area contributed by atoms with Gasteiger partial charge in [-0.25, -0.2) is 4.68 Å². The summed E-state index contributed by atoms with van der Waals surface area (Å²) in [6.45, 7) is 8.15. The van der Waals surface area contributed by atoms with Gasteiger partial charge in [0.25, 0.3) is 0 Å². The van der Waals surface area contributed by atoms with Gasteiger partial charge in [-0.05, 0) is 78.8 Å². The Bertz CT molecular complexity index is 1120. The maximum Gasteiger partial charge on any atom is 0.113 e. The molecule has 0 bridgehead atoms. The van der Waals surface area contributed by atoms with Gasteiger partial charge in [0.2, 0.25) is 0 Å². The molecule has 1 aromatic heterocycles. The van der Waals surface area contributed by atoms with Gasteiger partial charge in [0.05, 0.1) is 17.2 Å². The quantitative estimate of drug-likeness (QED) is 0.523. The minimum atomic E-state index is 0.468. The molecule has 2 heterocycles. The van der Waals surface area contributed by atoms with Crippen LogP contribution >= 0.6 is 0 Å². The Balaban J connectivity index is 1.38. The largest absolute Gasteiger partial charge is 0.367 e. The van der Waals surface area contributed by atoms with Crippen LogP contribution in [0.15, 0.2) is 54.7 Å². The number of hydrogen-bond acceptors (Lipinski definition) is 3. The van der Waals surface area contributed by atoms with Gasteiger partial charge in [0.1, 0.15) is 5.52 Å². The van der Waals surface area contributed by atoms with Gasteiger partial charge in [0, 0.05) is 12.2 Å². The summed E-state index contributed by atoms with van der Waals surface area (Å²) in [5.74, 6) is 2.10. The number of benzene rings is 2. The first-order valence-electron chi connectivity index (χ1n) is 12.1. The topological polar surface area (TPSA) is 34.0 Å². The maximum absolute atomic E-state index is 4.59. The van der Waals surface area contributed by atoms with Crippen molar-refractivity contribution in [3.63, 3.8) is 0 Å². The number of aromatic nitrogens is 3. The minimum absolute atomic E-state index is 0.468. The van der Waals surface area contributed by atoms with E-state index in [-0.39, 0.29) is 0 Å². The SMILES string of the molecule is C=C1C(C)CC2Cc3ccc(-n4nnc5ccccc54)cc3C2N1CC1CCCCC1. The van der Waals surface area contributed by atoms with Crippen molar-refractivity contribution in [3.8, 4) is 5.69 Å². The third-order valence-electron chi connectivity index (χ3n) is 8.08. The van der Waals surface area contributed by atoms with Gasteiger partial charge in [-0.3, -0.25) is 0 Å². The Kier molecular flexibility index (Phi) is 4.62. The van der Waals surface area contributed by atoms with Crippen molar-refractivity contribution >= 4 is 11.0 Å².